The summed E-state index contributed by atoms with van der Waals surface area (Å²) in [5.74, 6) is 0. The topological polar surface area (TPSA) is 41.6 Å². The monoisotopic (exact) mass is 308 g/mol. The summed E-state index contributed by atoms with van der Waals surface area (Å²) in [7, 11) is 1.84. The van der Waals surface area contributed by atoms with Crippen molar-refractivity contribution in [1.82, 2.24) is 4.90 Å². The van der Waals surface area contributed by atoms with E-state index in [2.05, 4.69) is 5.32 Å². The van der Waals surface area contributed by atoms with Crippen molar-refractivity contribution in [3.8, 4) is 0 Å². The van der Waals surface area contributed by atoms with E-state index in [4.69, 9.17) is 4.74 Å². The van der Waals surface area contributed by atoms with E-state index in [1.54, 1.807) is 16.7 Å². The van der Waals surface area contributed by atoms with Crippen molar-refractivity contribution in [2.75, 3.05) is 31.8 Å². The van der Waals surface area contributed by atoms with Gasteiger partial charge in [-0.2, -0.15) is 0 Å². The highest BCUT2D eigenvalue weighted by Gasteiger charge is 2.16. The minimum absolute atomic E-state index is 0.0520. The van der Waals surface area contributed by atoms with Crippen LogP contribution in [-0.2, 0) is 4.74 Å². The molecule has 1 aromatic rings. The van der Waals surface area contributed by atoms with Crippen LogP contribution in [0.1, 0.15) is 25.7 Å². The lowest BCUT2D eigenvalue weighted by atomic mass is 10.1. The maximum Gasteiger partial charge on any atom is 0.321 e. The van der Waals surface area contributed by atoms with Crippen LogP contribution in [0.2, 0.25) is 0 Å². The molecule has 0 spiro atoms. The van der Waals surface area contributed by atoms with E-state index in [-0.39, 0.29) is 6.03 Å². The summed E-state index contributed by atoms with van der Waals surface area (Å²) >= 11 is 1.63. The second kappa shape index (κ2) is 8.29. The predicted molar refractivity (Wildman–Crippen MR) is 88.1 cm³/mol. The fourth-order valence-corrected chi connectivity index (χ4v) is 3.04. The molecule has 0 unspecified atom stereocenters. The van der Waals surface area contributed by atoms with Gasteiger partial charge < -0.3 is 15.0 Å². The molecule has 0 radical (unpaired) electrons. The smallest absolute Gasteiger partial charge is 0.321 e. The molecule has 0 saturated carbocycles. The largest absolute Gasteiger partial charge is 0.378 e. The normalized spacial score (nSPS) is 17.7. The number of ether oxygens (including phenoxy) is 1. The fourth-order valence-electron chi connectivity index (χ4n) is 2.49. The molecule has 1 heterocycles. The maximum absolute atomic E-state index is 12.2. The third-order valence-electron chi connectivity index (χ3n) is 3.74. The zero-order chi connectivity index (χ0) is 15.1. The molecule has 4 nitrogen and oxygen atoms in total. The summed E-state index contributed by atoms with van der Waals surface area (Å²) < 4.78 is 5.60. The summed E-state index contributed by atoms with van der Waals surface area (Å²) in [4.78, 5) is 15.0. The number of carbonyl (C=O) groups is 1. The maximum atomic E-state index is 12.2. The van der Waals surface area contributed by atoms with Crippen LogP contribution < -0.4 is 5.32 Å². The third-order valence-corrected chi connectivity index (χ3v) is 4.53. The van der Waals surface area contributed by atoms with Crippen LogP contribution in [0.4, 0.5) is 10.5 Å². The molecule has 1 N–H and O–H groups in total. The van der Waals surface area contributed by atoms with Crippen LogP contribution in [0.3, 0.4) is 0 Å². The minimum atomic E-state index is -0.0520. The average molecular weight is 308 g/mol. The molecule has 0 bridgehead atoms. The first-order chi connectivity index (χ1) is 10.2. The van der Waals surface area contributed by atoms with E-state index < -0.39 is 0 Å². The van der Waals surface area contributed by atoms with Crippen molar-refractivity contribution in [2.24, 2.45) is 0 Å². The van der Waals surface area contributed by atoms with E-state index >= 15 is 0 Å². The Morgan fingerprint density at radius 2 is 2.29 bits per heavy atom. The van der Waals surface area contributed by atoms with Crippen molar-refractivity contribution in [3.63, 3.8) is 0 Å². The summed E-state index contributed by atoms with van der Waals surface area (Å²) in [5, 5.41) is 2.97. The summed E-state index contributed by atoms with van der Waals surface area (Å²) in [6.45, 7) is 1.65. The number of nitrogens with zero attached hydrogens (tertiary/aromatic N) is 1. The molecular weight excluding hydrogens is 284 g/mol. The number of hydrogen-bond donors (Lipinski definition) is 1. The van der Waals surface area contributed by atoms with Crippen molar-refractivity contribution < 1.29 is 9.53 Å². The van der Waals surface area contributed by atoms with Crippen LogP contribution in [0.25, 0.3) is 0 Å². The molecule has 1 aliphatic rings. The van der Waals surface area contributed by atoms with Gasteiger partial charge in [0.05, 0.1) is 11.8 Å². The van der Waals surface area contributed by atoms with Crippen molar-refractivity contribution in [1.29, 1.82) is 0 Å². The van der Waals surface area contributed by atoms with Gasteiger partial charge in [-0.15, -0.1) is 11.8 Å². The van der Waals surface area contributed by atoms with Gasteiger partial charge in [-0.1, -0.05) is 12.1 Å². The Hall–Kier alpha value is -1.20. The van der Waals surface area contributed by atoms with E-state index in [1.807, 2.05) is 37.6 Å². The standard InChI is InChI=1S/C16H24N2O2S/c1-18(11-5-7-13-8-6-12-20-13)16(19)17-14-9-3-4-10-15(14)21-2/h3-4,9-10,13H,5-8,11-12H2,1-2H3,(H,17,19)/t13-/m0/s1. The van der Waals surface area contributed by atoms with Gasteiger partial charge in [-0.05, 0) is 44.1 Å². The number of rotatable bonds is 6. The van der Waals surface area contributed by atoms with Crippen molar-refractivity contribution in [2.45, 2.75) is 36.7 Å². The molecule has 1 fully saturated rings. The molecule has 1 aromatic carbocycles. The molecule has 0 aromatic heterocycles. The molecule has 21 heavy (non-hydrogen) atoms. The number of anilines is 1. The van der Waals surface area contributed by atoms with Gasteiger partial charge >= 0.3 is 6.03 Å². The SMILES string of the molecule is CSc1ccccc1NC(=O)N(C)CCC[C@H]1CCCO1. The first kappa shape index (κ1) is 16.2. The number of thioether (sulfide) groups is 1. The Bertz CT molecular complexity index is 461. The summed E-state index contributed by atoms with van der Waals surface area (Å²) in [5.41, 5.74) is 0.876. The van der Waals surface area contributed by atoms with E-state index in [1.165, 1.54) is 6.42 Å². The van der Waals surface area contributed by atoms with Crippen LogP contribution in [0.15, 0.2) is 29.2 Å². The molecule has 116 valence electrons. The lowest BCUT2D eigenvalue weighted by Crippen LogP contribution is -2.32. The van der Waals surface area contributed by atoms with Crippen LogP contribution in [0, 0.1) is 0 Å². The Labute approximate surface area is 131 Å². The Balaban J connectivity index is 1.76. The summed E-state index contributed by atoms with van der Waals surface area (Å²) in [6, 6.07) is 7.81. The van der Waals surface area contributed by atoms with Gasteiger partial charge in [0.1, 0.15) is 0 Å². The number of carbonyl (C=O) groups excluding carboxylic acids is 1. The molecule has 1 aliphatic heterocycles. The molecule has 2 amide bonds. The van der Waals surface area contributed by atoms with Crippen LogP contribution in [-0.4, -0.2) is 43.5 Å². The first-order valence-corrected chi connectivity index (χ1v) is 8.70. The lowest BCUT2D eigenvalue weighted by molar-refractivity contribution is 0.101. The van der Waals surface area contributed by atoms with Crippen LogP contribution >= 0.6 is 11.8 Å². The molecule has 1 atom stereocenters. The minimum Gasteiger partial charge on any atom is -0.378 e. The van der Waals surface area contributed by atoms with Gasteiger partial charge in [-0.25, -0.2) is 4.79 Å². The lowest BCUT2D eigenvalue weighted by Gasteiger charge is -2.19. The number of urea groups is 1. The van der Waals surface area contributed by atoms with Crippen molar-refractivity contribution >= 4 is 23.5 Å². The Morgan fingerprint density at radius 1 is 1.48 bits per heavy atom. The molecule has 2 rings (SSSR count). The highest BCUT2D eigenvalue weighted by atomic mass is 32.2. The van der Waals surface area contributed by atoms with Gasteiger partial charge in [0, 0.05) is 25.1 Å². The van der Waals surface area contributed by atoms with E-state index in [0.717, 1.165) is 43.0 Å². The number of hydrogen-bond acceptors (Lipinski definition) is 3. The fraction of sp³-hybridized carbons (Fsp3) is 0.562. The zero-order valence-electron chi connectivity index (χ0n) is 12.8. The van der Waals surface area contributed by atoms with Gasteiger partial charge in [0.25, 0.3) is 0 Å². The third kappa shape index (κ3) is 4.93. The number of benzene rings is 1. The molecule has 0 aliphatic carbocycles. The van der Waals surface area contributed by atoms with Crippen molar-refractivity contribution in [3.05, 3.63) is 24.3 Å². The second-order valence-electron chi connectivity index (χ2n) is 5.33. The molecule has 5 heteroatoms. The zero-order valence-corrected chi connectivity index (χ0v) is 13.6. The number of para-hydroxylation sites is 1. The van der Waals surface area contributed by atoms with Gasteiger partial charge in [0.15, 0.2) is 0 Å². The van der Waals surface area contributed by atoms with Gasteiger partial charge in [0.2, 0.25) is 0 Å². The van der Waals surface area contributed by atoms with E-state index in [9.17, 15) is 4.79 Å². The molecular formula is C16H24N2O2S. The highest BCUT2D eigenvalue weighted by molar-refractivity contribution is 7.98. The Kier molecular flexibility index (Phi) is 6.39. The second-order valence-corrected chi connectivity index (χ2v) is 6.18. The predicted octanol–water partition coefficient (Wildman–Crippen LogP) is 3.83. The number of nitrogens with one attached hydrogen (secondary N) is 1. The summed E-state index contributed by atoms with van der Waals surface area (Å²) in [6.07, 6.45) is 6.77. The number of amides is 2. The quantitative estimate of drug-likeness (QED) is 0.812. The average Bonchev–Trinajstić information content (AvgIpc) is 3.01. The first-order valence-electron chi connectivity index (χ1n) is 7.47. The Morgan fingerprint density at radius 3 is 3.00 bits per heavy atom. The van der Waals surface area contributed by atoms with Gasteiger partial charge in [-0.3, -0.25) is 0 Å². The van der Waals surface area contributed by atoms with E-state index in [0.29, 0.717) is 6.10 Å². The highest BCUT2D eigenvalue weighted by Crippen LogP contribution is 2.24. The van der Waals surface area contributed by atoms with Crippen LogP contribution in [0.5, 0.6) is 0 Å². The molecule has 1 saturated heterocycles.